The van der Waals surface area contributed by atoms with Gasteiger partial charge < -0.3 is 19.3 Å². The van der Waals surface area contributed by atoms with E-state index in [0.29, 0.717) is 43.9 Å². The fraction of sp³-hybridized carbons (Fsp3) is 0.292. The van der Waals surface area contributed by atoms with Gasteiger partial charge in [-0.1, -0.05) is 18.2 Å². The normalized spacial score (nSPS) is 16.0. The van der Waals surface area contributed by atoms with Gasteiger partial charge in [-0.2, -0.15) is 0 Å². The molecule has 4 aromatic rings. The molecule has 0 aliphatic carbocycles. The van der Waals surface area contributed by atoms with Crippen molar-refractivity contribution < 1.29 is 14.6 Å². The predicted octanol–water partition coefficient (Wildman–Crippen LogP) is 3.26. The van der Waals surface area contributed by atoms with Crippen molar-refractivity contribution in [3.05, 3.63) is 66.6 Å². The van der Waals surface area contributed by atoms with Crippen LogP contribution >= 0.6 is 0 Å². The molecule has 3 aromatic heterocycles. The maximum Gasteiger partial charge on any atom is 0.254 e. The largest absolute Gasteiger partial charge is 0.481 e. The molecule has 0 spiro atoms. The van der Waals surface area contributed by atoms with Crippen LogP contribution in [0.2, 0.25) is 0 Å². The number of hydrogen-bond donors (Lipinski definition) is 1. The molecule has 1 saturated heterocycles. The van der Waals surface area contributed by atoms with Gasteiger partial charge in [0.1, 0.15) is 0 Å². The van der Waals surface area contributed by atoms with Crippen molar-refractivity contribution in [3.8, 4) is 5.88 Å². The molecule has 7 heteroatoms. The molecule has 0 unspecified atom stereocenters. The van der Waals surface area contributed by atoms with E-state index in [4.69, 9.17) is 4.74 Å². The summed E-state index contributed by atoms with van der Waals surface area (Å²) in [7, 11) is 1.55. The maximum absolute atomic E-state index is 13.3. The zero-order valence-electron chi connectivity index (χ0n) is 17.4. The zero-order chi connectivity index (χ0) is 21.4. The lowest BCUT2D eigenvalue weighted by Crippen LogP contribution is -2.48. The molecule has 0 atom stereocenters. The minimum Gasteiger partial charge on any atom is -0.481 e. The Balaban J connectivity index is 1.34. The average Bonchev–Trinajstić information content (AvgIpc) is 3.20. The first kappa shape index (κ1) is 19.5. The number of methoxy groups -OCH3 is 1. The van der Waals surface area contributed by atoms with Crippen LogP contribution in [0.1, 0.15) is 23.2 Å². The Labute approximate surface area is 179 Å². The Bertz CT molecular complexity index is 1260. The lowest BCUT2D eigenvalue weighted by molar-refractivity contribution is -0.0283. The molecule has 1 N–H and O–H groups in total. The van der Waals surface area contributed by atoms with Gasteiger partial charge in [-0.05, 0) is 31.0 Å². The second-order valence-corrected chi connectivity index (χ2v) is 8.12. The van der Waals surface area contributed by atoms with Crippen LogP contribution in [-0.4, -0.2) is 56.2 Å². The quantitative estimate of drug-likeness (QED) is 0.552. The van der Waals surface area contributed by atoms with Crippen LogP contribution in [0.5, 0.6) is 5.88 Å². The third-order valence-electron chi connectivity index (χ3n) is 6.15. The van der Waals surface area contributed by atoms with Crippen molar-refractivity contribution >= 4 is 27.7 Å². The van der Waals surface area contributed by atoms with Crippen molar-refractivity contribution in [2.75, 3.05) is 20.2 Å². The number of para-hydroxylation sites is 1. The van der Waals surface area contributed by atoms with Gasteiger partial charge >= 0.3 is 0 Å². The Morgan fingerprint density at radius 1 is 1.19 bits per heavy atom. The number of ether oxygens (including phenoxy) is 1. The highest BCUT2D eigenvalue weighted by molar-refractivity contribution is 6.06. The van der Waals surface area contributed by atoms with Crippen molar-refractivity contribution in [2.24, 2.45) is 0 Å². The van der Waals surface area contributed by atoms with Gasteiger partial charge in [-0.3, -0.25) is 9.78 Å². The van der Waals surface area contributed by atoms with Crippen molar-refractivity contribution in [3.63, 3.8) is 0 Å². The summed E-state index contributed by atoms with van der Waals surface area (Å²) in [5.41, 5.74) is 1.45. The molecule has 4 heterocycles. The highest BCUT2D eigenvalue weighted by Crippen LogP contribution is 2.29. The van der Waals surface area contributed by atoms with Gasteiger partial charge in [0.15, 0.2) is 0 Å². The number of amides is 1. The molecule has 1 aromatic carbocycles. The number of carbonyl (C=O) groups excluding carboxylic acids is 1. The van der Waals surface area contributed by atoms with Gasteiger partial charge in [0.2, 0.25) is 5.88 Å². The van der Waals surface area contributed by atoms with Crippen LogP contribution < -0.4 is 4.74 Å². The molecule has 1 fully saturated rings. The smallest absolute Gasteiger partial charge is 0.254 e. The predicted molar refractivity (Wildman–Crippen MR) is 118 cm³/mol. The molecule has 0 bridgehead atoms. The molecule has 158 valence electrons. The summed E-state index contributed by atoms with van der Waals surface area (Å²) in [6.45, 7) is 1.47. The lowest BCUT2D eigenvalue weighted by Gasteiger charge is -2.38. The van der Waals surface area contributed by atoms with Crippen LogP contribution in [0, 0.1) is 0 Å². The number of aliphatic hydroxyl groups is 1. The van der Waals surface area contributed by atoms with Gasteiger partial charge in [-0.25, -0.2) is 4.98 Å². The van der Waals surface area contributed by atoms with E-state index >= 15 is 0 Å². The van der Waals surface area contributed by atoms with E-state index in [0.717, 1.165) is 21.8 Å². The number of nitrogens with zero attached hydrogens (tertiary/aromatic N) is 4. The van der Waals surface area contributed by atoms with E-state index in [1.807, 2.05) is 58.3 Å². The van der Waals surface area contributed by atoms with Gasteiger partial charge in [0.25, 0.3) is 5.91 Å². The molecule has 1 aliphatic rings. The number of piperidine rings is 1. The SMILES string of the molecule is COc1cc(C(=O)N2CCC(O)(Cn3ccc4ccncc43)CC2)c2ccccc2n1. The number of fused-ring (bicyclic) bond motifs is 2. The molecular formula is C24H24N4O3. The van der Waals surface area contributed by atoms with Crippen molar-refractivity contribution in [1.82, 2.24) is 19.4 Å². The van der Waals surface area contributed by atoms with Crippen molar-refractivity contribution in [2.45, 2.75) is 25.0 Å². The number of carbonyl (C=O) groups is 1. The first-order valence-electron chi connectivity index (χ1n) is 10.4. The lowest BCUT2D eigenvalue weighted by atomic mass is 9.90. The minimum absolute atomic E-state index is 0.0606. The summed E-state index contributed by atoms with van der Waals surface area (Å²) in [6, 6.07) is 13.3. The standard InChI is InChI=1S/C24H24N4O3/c1-31-22-14-19(18-4-2-3-5-20(18)26-22)23(29)27-12-8-24(30,9-13-27)16-28-11-7-17-6-10-25-15-21(17)28/h2-7,10-11,14-15,30H,8-9,12-13,16H2,1H3. The van der Waals surface area contributed by atoms with Crippen LogP contribution in [0.15, 0.2) is 61.1 Å². The Morgan fingerprint density at radius 3 is 2.81 bits per heavy atom. The second kappa shape index (κ2) is 7.67. The van der Waals surface area contributed by atoms with E-state index in [1.54, 1.807) is 19.4 Å². The number of hydrogen-bond acceptors (Lipinski definition) is 5. The van der Waals surface area contributed by atoms with E-state index < -0.39 is 5.60 Å². The average molecular weight is 416 g/mol. The first-order valence-corrected chi connectivity index (χ1v) is 10.4. The number of likely N-dealkylation sites (tertiary alicyclic amines) is 1. The molecule has 1 aliphatic heterocycles. The summed E-state index contributed by atoms with van der Waals surface area (Å²) in [5, 5.41) is 13.1. The first-order chi connectivity index (χ1) is 15.1. The number of benzene rings is 1. The van der Waals surface area contributed by atoms with Gasteiger partial charge in [0.05, 0.1) is 42.0 Å². The Morgan fingerprint density at radius 2 is 2.00 bits per heavy atom. The summed E-state index contributed by atoms with van der Waals surface area (Å²) in [6.07, 6.45) is 6.59. The molecule has 31 heavy (non-hydrogen) atoms. The summed E-state index contributed by atoms with van der Waals surface area (Å²) in [4.78, 5) is 23.8. The third kappa shape index (κ3) is 3.61. The van der Waals surface area contributed by atoms with Crippen LogP contribution in [0.25, 0.3) is 21.8 Å². The third-order valence-corrected chi connectivity index (χ3v) is 6.15. The molecule has 0 radical (unpaired) electrons. The molecule has 0 saturated carbocycles. The Kier molecular flexibility index (Phi) is 4.82. The highest BCUT2D eigenvalue weighted by Gasteiger charge is 2.35. The highest BCUT2D eigenvalue weighted by atomic mass is 16.5. The molecule has 1 amide bonds. The Hall–Kier alpha value is -3.45. The fourth-order valence-electron chi connectivity index (χ4n) is 4.37. The minimum atomic E-state index is -0.865. The van der Waals surface area contributed by atoms with E-state index in [1.165, 1.54) is 0 Å². The number of pyridine rings is 2. The topological polar surface area (TPSA) is 80.5 Å². The molecule has 5 rings (SSSR count). The number of rotatable bonds is 4. The summed E-state index contributed by atoms with van der Waals surface area (Å²) >= 11 is 0. The fourth-order valence-corrected chi connectivity index (χ4v) is 4.37. The zero-order valence-corrected chi connectivity index (χ0v) is 17.4. The summed E-state index contributed by atoms with van der Waals surface area (Å²) in [5.74, 6) is 0.359. The number of aromatic nitrogens is 3. The van der Waals surface area contributed by atoms with E-state index in [2.05, 4.69) is 9.97 Å². The van der Waals surface area contributed by atoms with Crippen LogP contribution in [0.3, 0.4) is 0 Å². The van der Waals surface area contributed by atoms with Crippen LogP contribution in [-0.2, 0) is 6.54 Å². The van der Waals surface area contributed by atoms with E-state index in [9.17, 15) is 9.90 Å². The van der Waals surface area contributed by atoms with Crippen molar-refractivity contribution in [1.29, 1.82) is 0 Å². The summed E-state index contributed by atoms with van der Waals surface area (Å²) < 4.78 is 7.34. The maximum atomic E-state index is 13.3. The van der Waals surface area contributed by atoms with Gasteiger partial charge in [-0.15, -0.1) is 0 Å². The monoisotopic (exact) mass is 416 g/mol. The molecular weight excluding hydrogens is 392 g/mol. The second-order valence-electron chi connectivity index (χ2n) is 8.12. The van der Waals surface area contributed by atoms with E-state index in [-0.39, 0.29) is 5.91 Å². The van der Waals surface area contributed by atoms with Crippen LogP contribution in [0.4, 0.5) is 0 Å². The molecule has 7 nitrogen and oxygen atoms in total. The van der Waals surface area contributed by atoms with Gasteiger partial charge in [0, 0.05) is 42.3 Å².